The van der Waals surface area contributed by atoms with Crippen LogP contribution in [0.3, 0.4) is 0 Å². The molecule has 4 nitrogen and oxygen atoms in total. The fourth-order valence-corrected chi connectivity index (χ4v) is 2.58. The number of amides is 1. The maximum atomic E-state index is 11.6. The zero-order valence-electron chi connectivity index (χ0n) is 11.1. The summed E-state index contributed by atoms with van der Waals surface area (Å²) < 4.78 is 5.25. The number of carbonyl (C=O) groups is 1. The highest BCUT2D eigenvalue weighted by molar-refractivity contribution is 5.67. The Labute approximate surface area is 103 Å². The van der Waals surface area contributed by atoms with Crippen molar-refractivity contribution in [2.75, 3.05) is 13.1 Å². The predicted molar refractivity (Wildman–Crippen MR) is 66.9 cm³/mol. The smallest absolute Gasteiger partial charge is 0.407 e. The van der Waals surface area contributed by atoms with Crippen LogP contribution < -0.4 is 10.6 Å². The molecule has 0 spiro atoms. The van der Waals surface area contributed by atoms with E-state index in [2.05, 4.69) is 10.6 Å². The fourth-order valence-electron chi connectivity index (χ4n) is 2.58. The second-order valence-electron chi connectivity index (χ2n) is 6.37. The highest BCUT2D eigenvalue weighted by Crippen LogP contribution is 2.50. The minimum Gasteiger partial charge on any atom is -0.444 e. The maximum absolute atomic E-state index is 11.6. The molecule has 17 heavy (non-hydrogen) atoms. The minimum atomic E-state index is -0.410. The first-order valence-electron chi connectivity index (χ1n) is 6.62. The second kappa shape index (κ2) is 4.48. The molecule has 1 saturated heterocycles. The van der Waals surface area contributed by atoms with Crippen LogP contribution in [0, 0.1) is 5.41 Å². The third-order valence-electron chi connectivity index (χ3n) is 3.68. The van der Waals surface area contributed by atoms with Crippen molar-refractivity contribution in [2.24, 2.45) is 5.41 Å². The van der Waals surface area contributed by atoms with Crippen LogP contribution in [-0.2, 0) is 4.74 Å². The maximum Gasteiger partial charge on any atom is 0.407 e. The Balaban J connectivity index is 1.76. The molecule has 0 aromatic heterocycles. The van der Waals surface area contributed by atoms with Gasteiger partial charge in [0.25, 0.3) is 0 Å². The number of ether oxygens (including phenoxy) is 1. The molecular weight excluding hydrogens is 216 g/mol. The van der Waals surface area contributed by atoms with Gasteiger partial charge in [0.1, 0.15) is 5.60 Å². The van der Waals surface area contributed by atoms with Crippen LogP contribution in [0.25, 0.3) is 0 Å². The van der Waals surface area contributed by atoms with Crippen molar-refractivity contribution in [1.29, 1.82) is 0 Å². The van der Waals surface area contributed by atoms with E-state index in [4.69, 9.17) is 4.74 Å². The Kier molecular flexibility index (Phi) is 3.34. The van der Waals surface area contributed by atoms with Crippen molar-refractivity contribution < 1.29 is 9.53 Å². The summed E-state index contributed by atoms with van der Waals surface area (Å²) in [5, 5.41) is 6.46. The van der Waals surface area contributed by atoms with Gasteiger partial charge < -0.3 is 15.4 Å². The summed E-state index contributed by atoms with van der Waals surface area (Å²) in [7, 11) is 0. The first kappa shape index (κ1) is 12.7. The molecule has 4 heteroatoms. The van der Waals surface area contributed by atoms with Gasteiger partial charge in [0.2, 0.25) is 0 Å². The molecule has 98 valence electrons. The van der Waals surface area contributed by atoms with Gasteiger partial charge >= 0.3 is 6.09 Å². The van der Waals surface area contributed by atoms with E-state index in [0.717, 1.165) is 13.1 Å². The van der Waals surface area contributed by atoms with E-state index in [-0.39, 0.29) is 6.09 Å². The number of alkyl carbamates (subject to hydrolysis) is 1. The van der Waals surface area contributed by atoms with Gasteiger partial charge in [-0.3, -0.25) is 0 Å². The van der Waals surface area contributed by atoms with Gasteiger partial charge in [-0.1, -0.05) is 0 Å². The summed E-state index contributed by atoms with van der Waals surface area (Å²) in [5.74, 6) is 0. The molecular formula is C13H24N2O2. The average Bonchev–Trinajstić information content (AvgIpc) is 2.78. The highest BCUT2D eigenvalue weighted by Gasteiger charge is 2.50. The zero-order chi connectivity index (χ0) is 12.5. The molecule has 1 aliphatic heterocycles. The van der Waals surface area contributed by atoms with Gasteiger partial charge in [0.05, 0.1) is 0 Å². The predicted octanol–water partition coefficient (Wildman–Crippen LogP) is 2.04. The largest absolute Gasteiger partial charge is 0.444 e. The van der Waals surface area contributed by atoms with Gasteiger partial charge in [-0.2, -0.15) is 0 Å². The Morgan fingerprint density at radius 2 is 2.18 bits per heavy atom. The van der Waals surface area contributed by atoms with Crippen molar-refractivity contribution in [3.63, 3.8) is 0 Å². The normalized spacial score (nSPS) is 26.6. The van der Waals surface area contributed by atoms with Crippen LogP contribution in [-0.4, -0.2) is 30.8 Å². The number of carbonyl (C=O) groups excluding carboxylic acids is 1. The molecule has 1 heterocycles. The van der Waals surface area contributed by atoms with Crippen molar-refractivity contribution >= 4 is 6.09 Å². The Morgan fingerprint density at radius 3 is 2.65 bits per heavy atom. The van der Waals surface area contributed by atoms with Crippen molar-refractivity contribution in [3.05, 3.63) is 0 Å². The molecule has 0 radical (unpaired) electrons. The topological polar surface area (TPSA) is 50.4 Å². The molecule has 0 bridgehead atoms. The van der Waals surface area contributed by atoms with E-state index < -0.39 is 5.60 Å². The van der Waals surface area contributed by atoms with E-state index in [1.54, 1.807) is 0 Å². The van der Waals surface area contributed by atoms with Gasteiger partial charge in [-0.15, -0.1) is 0 Å². The molecule has 2 fully saturated rings. The zero-order valence-corrected chi connectivity index (χ0v) is 11.1. The monoisotopic (exact) mass is 240 g/mol. The molecule has 1 amide bonds. The molecule has 1 saturated carbocycles. The molecule has 0 unspecified atom stereocenters. The van der Waals surface area contributed by atoms with E-state index in [1.165, 1.54) is 25.7 Å². The molecule has 1 atom stereocenters. The third kappa shape index (κ3) is 3.35. The summed E-state index contributed by atoms with van der Waals surface area (Å²) >= 11 is 0. The Hall–Kier alpha value is -0.770. The highest BCUT2D eigenvalue weighted by atomic mass is 16.6. The SMILES string of the molecule is CC(C)(C)OC(=O)NCC1([C@@H]2CCCN2)CC1. The van der Waals surface area contributed by atoms with Crippen LogP contribution in [0.5, 0.6) is 0 Å². The fraction of sp³-hybridized carbons (Fsp3) is 0.923. The summed E-state index contributed by atoms with van der Waals surface area (Å²) in [6, 6.07) is 0.595. The van der Waals surface area contributed by atoms with E-state index >= 15 is 0 Å². The van der Waals surface area contributed by atoms with Crippen LogP contribution in [0.15, 0.2) is 0 Å². The third-order valence-corrected chi connectivity index (χ3v) is 3.68. The minimum absolute atomic E-state index is 0.290. The Bertz CT molecular complexity index is 286. The molecule has 2 N–H and O–H groups in total. The summed E-state index contributed by atoms with van der Waals surface area (Å²) in [5.41, 5.74) is -0.0974. The standard InChI is InChI=1S/C13H24N2O2/c1-12(2,3)17-11(16)15-9-13(6-7-13)10-5-4-8-14-10/h10,14H,4-9H2,1-3H3,(H,15,16)/t10-/m0/s1. The van der Waals surface area contributed by atoms with Gasteiger partial charge in [-0.05, 0) is 53.0 Å². The van der Waals surface area contributed by atoms with Crippen LogP contribution in [0.1, 0.15) is 46.5 Å². The first-order valence-corrected chi connectivity index (χ1v) is 6.62. The van der Waals surface area contributed by atoms with Gasteiger partial charge in [-0.25, -0.2) is 4.79 Å². The number of rotatable bonds is 3. The van der Waals surface area contributed by atoms with Crippen molar-refractivity contribution in [1.82, 2.24) is 10.6 Å². The van der Waals surface area contributed by atoms with Gasteiger partial charge in [0, 0.05) is 18.0 Å². The lowest BCUT2D eigenvalue weighted by atomic mass is 9.95. The molecule has 2 aliphatic rings. The van der Waals surface area contributed by atoms with E-state index in [1.807, 2.05) is 20.8 Å². The number of hydrogen-bond donors (Lipinski definition) is 2. The molecule has 0 aromatic carbocycles. The summed E-state index contributed by atoms with van der Waals surface area (Å²) in [6.07, 6.45) is 4.66. The van der Waals surface area contributed by atoms with E-state index in [9.17, 15) is 4.79 Å². The van der Waals surface area contributed by atoms with E-state index in [0.29, 0.717) is 11.5 Å². The van der Waals surface area contributed by atoms with Gasteiger partial charge in [0.15, 0.2) is 0 Å². The lowest BCUT2D eigenvalue weighted by molar-refractivity contribution is 0.0512. The van der Waals surface area contributed by atoms with Crippen molar-refractivity contribution in [3.8, 4) is 0 Å². The summed E-state index contributed by atoms with van der Waals surface area (Å²) in [6.45, 7) is 7.53. The molecule has 0 aromatic rings. The quantitative estimate of drug-likeness (QED) is 0.793. The van der Waals surface area contributed by atoms with Crippen LogP contribution in [0.4, 0.5) is 4.79 Å². The number of nitrogens with one attached hydrogen (secondary N) is 2. The Morgan fingerprint density at radius 1 is 1.47 bits per heavy atom. The molecule has 1 aliphatic carbocycles. The first-order chi connectivity index (χ1) is 7.91. The van der Waals surface area contributed by atoms with Crippen LogP contribution in [0.2, 0.25) is 0 Å². The summed E-state index contributed by atoms with van der Waals surface area (Å²) in [4.78, 5) is 11.6. The lowest BCUT2D eigenvalue weighted by Crippen LogP contribution is -2.42. The average molecular weight is 240 g/mol. The van der Waals surface area contributed by atoms with Crippen LogP contribution >= 0.6 is 0 Å². The van der Waals surface area contributed by atoms with Crippen molar-refractivity contribution in [2.45, 2.75) is 58.1 Å². The lowest BCUT2D eigenvalue weighted by Gasteiger charge is -2.25. The molecule has 2 rings (SSSR count). The number of hydrogen-bond acceptors (Lipinski definition) is 3. The second-order valence-corrected chi connectivity index (χ2v) is 6.37.